The number of hydrogen-bond acceptors (Lipinski definition) is 4. The van der Waals surface area contributed by atoms with Crippen LogP contribution in [0.15, 0.2) is 0 Å². The molecule has 0 aromatic heterocycles. The maximum Gasteiger partial charge on any atom is 0.319 e. The Morgan fingerprint density at radius 2 is 1.62 bits per heavy atom. The van der Waals surface area contributed by atoms with Crippen LogP contribution in [-0.2, 0) is 19.1 Å². The molecule has 0 rings (SSSR count). The summed E-state index contributed by atoms with van der Waals surface area (Å²) in [7, 11) is 5.58. The molecule has 0 aliphatic rings. The number of hydrogen-bond donors (Lipinski definition) is 0. The summed E-state index contributed by atoms with van der Waals surface area (Å²) in [4.78, 5) is 22.0. The summed E-state index contributed by atoms with van der Waals surface area (Å²) in [6.07, 6.45) is 0.826. The molecular weight excluding hydrogens is 275 g/mol. The second-order valence-electron chi connectivity index (χ2n) is 3.16. The predicted molar refractivity (Wildman–Crippen MR) is 64.7 cm³/mol. The molecule has 16 heavy (non-hydrogen) atoms. The van der Waals surface area contributed by atoms with E-state index in [-0.39, 0.29) is 5.97 Å². The normalized spacial score (nSPS) is 13.9. The summed E-state index contributed by atoms with van der Waals surface area (Å²) in [5.74, 6) is -1.46. The van der Waals surface area contributed by atoms with Crippen molar-refractivity contribution in [2.24, 2.45) is 0 Å². The fraction of sp³-hybridized carbons (Fsp3) is 0.800. The molecule has 0 aliphatic heterocycles. The molecule has 0 spiro atoms. The van der Waals surface area contributed by atoms with Crippen LogP contribution in [0.2, 0.25) is 5.82 Å². The number of halogens is 1. The molecule has 6 heteroatoms. The van der Waals surface area contributed by atoms with Gasteiger partial charge in [0.25, 0.3) is 5.97 Å². The largest absolute Gasteiger partial charge is 0.466 e. The minimum Gasteiger partial charge on any atom is -0.466 e. The van der Waals surface area contributed by atoms with E-state index >= 15 is 0 Å². The van der Waals surface area contributed by atoms with Crippen LogP contribution in [0.4, 0.5) is 0 Å². The molecule has 4 nitrogen and oxygen atoms in total. The Kier molecular flexibility index (Phi) is 8.34. The number of carbonyl (C=O) groups is 2. The molecule has 2 radical (unpaired) electrons. The van der Waals surface area contributed by atoms with Crippen LogP contribution in [0.1, 0.15) is 26.7 Å². The zero-order valence-electron chi connectivity index (χ0n) is 9.57. The second-order valence-corrected chi connectivity index (χ2v) is 4.26. The first-order valence-corrected chi connectivity index (χ1v) is 6.17. The number of alkyl halides is 1. The van der Waals surface area contributed by atoms with Crippen LogP contribution in [0, 0.1) is 0 Å². The SMILES string of the molecule is [B][C@@H](CC[C@@H](Br)C(=O)OCC)C(=O)OCC. The molecule has 0 aliphatic carbocycles. The van der Waals surface area contributed by atoms with Gasteiger partial charge in [0.15, 0.2) is 0 Å². The quantitative estimate of drug-likeness (QED) is 0.406. The van der Waals surface area contributed by atoms with Crippen LogP contribution in [0.3, 0.4) is 0 Å². The monoisotopic (exact) mass is 290 g/mol. The average molecular weight is 291 g/mol. The highest BCUT2D eigenvalue weighted by Crippen LogP contribution is 2.18. The average Bonchev–Trinajstić information content (AvgIpc) is 2.25. The van der Waals surface area contributed by atoms with E-state index in [2.05, 4.69) is 15.9 Å². The molecule has 0 heterocycles. The van der Waals surface area contributed by atoms with Crippen molar-refractivity contribution in [3.05, 3.63) is 0 Å². The fourth-order valence-electron chi connectivity index (χ4n) is 1.04. The molecule has 0 aromatic rings. The Hall–Kier alpha value is -0.515. The third-order valence-corrected chi connectivity index (χ3v) is 2.69. The fourth-order valence-corrected chi connectivity index (χ4v) is 1.44. The van der Waals surface area contributed by atoms with Crippen LogP contribution in [0.25, 0.3) is 0 Å². The van der Waals surface area contributed by atoms with E-state index in [9.17, 15) is 9.59 Å². The molecule has 0 saturated carbocycles. The summed E-state index contributed by atoms with van der Waals surface area (Å²) in [5.41, 5.74) is 0. The van der Waals surface area contributed by atoms with Crippen molar-refractivity contribution in [2.75, 3.05) is 13.2 Å². The van der Waals surface area contributed by atoms with Crippen molar-refractivity contribution in [1.29, 1.82) is 0 Å². The van der Waals surface area contributed by atoms with E-state index in [1.54, 1.807) is 13.8 Å². The lowest BCUT2D eigenvalue weighted by atomic mass is 9.83. The van der Waals surface area contributed by atoms with Gasteiger partial charge in [-0.05, 0) is 26.7 Å². The highest BCUT2D eigenvalue weighted by Gasteiger charge is 2.20. The maximum atomic E-state index is 11.2. The van der Waals surface area contributed by atoms with Gasteiger partial charge >= 0.3 is 5.97 Å². The van der Waals surface area contributed by atoms with Gasteiger partial charge < -0.3 is 9.47 Å². The van der Waals surface area contributed by atoms with E-state index in [4.69, 9.17) is 17.3 Å². The molecular formula is C10H16BBrO4. The lowest BCUT2D eigenvalue weighted by Crippen LogP contribution is -2.20. The van der Waals surface area contributed by atoms with Gasteiger partial charge in [-0.25, -0.2) is 0 Å². The summed E-state index contributed by atoms with van der Waals surface area (Å²) >= 11 is 3.18. The van der Waals surface area contributed by atoms with Crippen molar-refractivity contribution in [1.82, 2.24) is 0 Å². The molecule has 0 amide bonds. The Balaban J connectivity index is 3.86. The van der Waals surface area contributed by atoms with Gasteiger partial charge in [0, 0.05) is 5.82 Å². The zero-order chi connectivity index (χ0) is 12.6. The number of carbonyl (C=O) groups excluding carboxylic acids is 2. The first-order chi connectivity index (χ1) is 7.52. The van der Waals surface area contributed by atoms with Crippen molar-refractivity contribution in [2.45, 2.75) is 37.3 Å². The Morgan fingerprint density at radius 3 is 2.12 bits per heavy atom. The van der Waals surface area contributed by atoms with Crippen LogP contribution in [0.5, 0.6) is 0 Å². The van der Waals surface area contributed by atoms with Crippen molar-refractivity contribution < 1.29 is 19.1 Å². The minimum atomic E-state index is -0.686. The highest BCUT2D eigenvalue weighted by molar-refractivity contribution is 9.10. The smallest absolute Gasteiger partial charge is 0.319 e. The molecule has 0 unspecified atom stereocenters. The Bertz CT molecular complexity index is 211. The third kappa shape index (κ3) is 6.15. The third-order valence-electron chi connectivity index (χ3n) is 1.86. The lowest BCUT2D eigenvalue weighted by Gasteiger charge is -2.13. The van der Waals surface area contributed by atoms with Gasteiger partial charge in [0.2, 0.25) is 0 Å². The number of esters is 2. The first-order valence-electron chi connectivity index (χ1n) is 5.25. The van der Waals surface area contributed by atoms with Gasteiger partial charge in [-0.15, -0.1) is 0 Å². The molecule has 0 aromatic carbocycles. The summed E-state index contributed by atoms with van der Waals surface area (Å²) in [5, 5.41) is 0. The van der Waals surface area contributed by atoms with E-state index in [1.807, 2.05) is 0 Å². The van der Waals surface area contributed by atoms with E-state index in [0.717, 1.165) is 0 Å². The van der Waals surface area contributed by atoms with Gasteiger partial charge in [0.05, 0.1) is 21.1 Å². The van der Waals surface area contributed by atoms with E-state index in [1.165, 1.54) is 0 Å². The van der Waals surface area contributed by atoms with Crippen molar-refractivity contribution >= 4 is 35.7 Å². The van der Waals surface area contributed by atoms with Crippen molar-refractivity contribution in [3.8, 4) is 0 Å². The highest BCUT2D eigenvalue weighted by atomic mass is 79.9. The number of ether oxygens (including phenoxy) is 2. The van der Waals surface area contributed by atoms with Gasteiger partial charge in [0.1, 0.15) is 4.83 Å². The van der Waals surface area contributed by atoms with E-state index < -0.39 is 16.6 Å². The summed E-state index contributed by atoms with van der Waals surface area (Å²) in [6.45, 7) is 4.10. The van der Waals surface area contributed by atoms with E-state index in [0.29, 0.717) is 26.1 Å². The Morgan fingerprint density at radius 1 is 1.12 bits per heavy atom. The molecule has 0 bridgehead atoms. The van der Waals surface area contributed by atoms with Gasteiger partial charge in [-0.3, -0.25) is 9.59 Å². The number of rotatable bonds is 7. The maximum absolute atomic E-state index is 11.2. The predicted octanol–water partition coefficient (Wildman–Crippen LogP) is 1.61. The topological polar surface area (TPSA) is 52.6 Å². The molecule has 2 atom stereocenters. The summed E-state index contributed by atoms with van der Waals surface area (Å²) in [6, 6.07) is 0. The Labute approximate surface area is 106 Å². The second kappa shape index (κ2) is 8.62. The summed E-state index contributed by atoms with van der Waals surface area (Å²) < 4.78 is 9.55. The zero-order valence-corrected chi connectivity index (χ0v) is 11.2. The van der Waals surface area contributed by atoms with Gasteiger partial charge in [-0.1, -0.05) is 15.9 Å². The molecule has 0 fully saturated rings. The first kappa shape index (κ1) is 15.5. The van der Waals surface area contributed by atoms with Gasteiger partial charge in [-0.2, -0.15) is 0 Å². The van der Waals surface area contributed by atoms with Crippen LogP contribution in [-0.4, -0.2) is 37.8 Å². The van der Waals surface area contributed by atoms with Crippen LogP contribution < -0.4 is 0 Å². The van der Waals surface area contributed by atoms with Crippen LogP contribution >= 0.6 is 15.9 Å². The standard InChI is InChI=1S/C10H16BBrO4/c1-3-15-9(13)7(11)5-6-8(12)10(14)16-4-2/h7-8H,3-6H2,1-2H3/t7-,8+/m0/s1. The molecule has 0 saturated heterocycles. The molecule has 90 valence electrons. The lowest BCUT2D eigenvalue weighted by molar-refractivity contribution is -0.144. The van der Waals surface area contributed by atoms with Crippen molar-refractivity contribution in [3.63, 3.8) is 0 Å². The molecule has 0 N–H and O–H groups in total. The minimum absolute atomic E-state index is 0.308.